The minimum atomic E-state index is -0.320. The number of carbonyl (C=O) groups is 1. The first-order valence-corrected chi connectivity index (χ1v) is 10.2. The molecule has 1 aliphatic heterocycles. The topological polar surface area (TPSA) is 62.9 Å². The Bertz CT molecular complexity index is 981. The number of aryl methyl sites for hydroxylation is 1. The summed E-state index contributed by atoms with van der Waals surface area (Å²) >= 11 is 0. The van der Waals surface area contributed by atoms with Crippen LogP contribution in [0.1, 0.15) is 35.4 Å². The average molecular weight is 393 g/mol. The normalized spacial score (nSPS) is 19.4. The van der Waals surface area contributed by atoms with E-state index in [1.54, 1.807) is 0 Å². The number of hydrogen-bond donors (Lipinski definition) is 1. The molecule has 1 saturated heterocycles. The Hall–Kier alpha value is -2.79. The molecule has 0 spiro atoms. The molecule has 1 atom stereocenters. The van der Waals surface area contributed by atoms with Gasteiger partial charge < -0.3 is 19.2 Å². The number of nitrogens with zero attached hydrogens (tertiary/aromatic N) is 1. The standard InChI is InChI=1S/C24H27NO4/c1-18-14-20-15-19(8-9-22(20)29-18)23(27)25-12-5-10-24(16-25,17-26)11-13-28-21-6-3-2-4-7-21/h2-4,6-9,14-15,26H,5,10-13,16-17H2,1H3. The summed E-state index contributed by atoms with van der Waals surface area (Å²) < 4.78 is 11.4. The van der Waals surface area contributed by atoms with Gasteiger partial charge in [0.25, 0.3) is 5.91 Å². The van der Waals surface area contributed by atoms with Crippen LogP contribution in [0.2, 0.25) is 0 Å². The summed E-state index contributed by atoms with van der Waals surface area (Å²) in [6.07, 6.45) is 2.48. The highest BCUT2D eigenvalue weighted by atomic mass is 16.5. The molecule has 1 unspecified atom stereocenters. The van der Waals surface area contributed by atoms with Gasteiger partial charge in [0.05, 0.1) is 13.2 Å². The molecular formula is C24H27NO4. The van der Waals surface area contributed by atoms with E-state index in [-0.39, 0.29) is 17.9 Å². The third-order valence-corrected chi connectivity index (χ3v) is 5.81. The summed E-state index contributed by atoms with van der Waals surface area (Å²) in [4.78, 5) is 15.0. The van der Waals surface area contributed by atoms with Gasteiger partial charge in [0.15, 0.2) is 0 Å². The quantitative estimate of drug-likeness (QED) is 0.673. The van der Waals surface area contributed by atoms with Gasteiger partial charge in [0.2, 0.25) is 0 Å². The molecule has 5 heteroatoms. The van der Waals surface area contributed by atoms with E-state index >= 15 is 0 Å². The van der Waals surface area contributed by atoms with Crippen molar-refractivity contribution in [3.8, 4) is 5.75 Å². The monoisotopic (exact) mass is 393 g/mol. The minimum Gasteiger partial charge on any atom is -0.494 e. The van der Waals surface area contributed by atoms with Crippen LogP contribution in [0.25, 0.3) is 11.0 Å². The average Bonchev–Trinajstić information content (AvgIpc) is 3.13. The largest absolute Gasteiger partial charge is 0.494 e. The first-order chi connectivity index (χ1) is 14.1. The summed E-state index contributed by atoms with van der Waals surface area (Å²) in [5.41, 5.74) is 1.13. The fourth-order valence-electron chi connectivity index (χ4n) is 4.19. The van der Waals surface area contributed by atoms with Gasteiger partial charge in [-0.1, -0.05) is 18.2 Å². The maximum atomic E-state index is 13.1. The lowest BCUT2D eigenvalue weighted by Gasteiger charge is -2.42. The van der Waals surface area contributed by atoms with Crippen LogP contribution in [-0.2, 0) is 0 Å². The number of aliphatic hydroxyl groups excluding tert-OH is 1. The zero-order valence-corrected chi connectivity index (χ0v) is 16.8. The highest BCUT2D eigenvalue weighted by Gasteiger charge is 2.37. The van der Waals surface area contributed by atoms with Crippen LogP contribution in [0, 0.1) is 12.3 Å². The summed E-state index contributed by atoms with van der Waals surface area (Å²) in [6.45, 7) is 3.73. The number of likely N-dealkylation sites (tertiary alicyclic amines) is 1. The van der Waals surface area contributed by atoms with Crippen molar-refractivity contribution in [3.63, 3.8) is 0 Å². The fourth-order valence-corrected chi connectivity index (χ4v) is 4.19. The van der Waals surface area contributed by atoms with Crippen molar-refractivity contribution in [2.45, 2.75) is 26.2 Å². The van der Waals surface area contributed by atoms with E-state index in [9.17, 15) is 9.90 Å². The molecule has 0 bridgehead atoms. The van der Waals surface area contributed by atoms with Crippen LogP contribution >= 0.6 is 0 Å². The van der Waals surface area contributed by atoms with Gasteiger partial charge >= 0.3 is 0 Å². The van der Waals surface area contributed by atoms with E-state index in [4.69, 9.17) is 9.15 Å². The maximum Gasteiger partial charge on any atom is 0.253 e. The van der Waals surface area contributed by atoms with Crippen LogP contribution in [0.4, 0.5) is 0 Å². The first kappa shape index (κ1) is 19.5. The number of fused-ring (bicyclic) bond motifs is 1. The molecular weight excluding hydrogens is 366 g/mol. The van der Waals surface area contributed by atoms with Gasteiger partial charge in [-0.25, -0.2) is 0 Å². The number of carbonyl (C=O) groups excluding carboxylic acids is 1. The molecule has 0 aliphatic carbocycles. The van der Waals surface area contributed by atoms with E-state index < -0.39 is 0 Å². The van der Waals surface area contributed by atoms with Crippen LogP contribution in [-0.4, -0.2) is 42.2 Å². The summed E-state index contributed by atoms with van der Waals surface area (Å²) in [6, 6.07) is 17.2. The van der Waals surface area contributed by atoms with E-state index in [1.165, 1.54) is 0 Å². The molecule has 4 rings (SSSR count). The third kappa shape index (κ3) is 4.30. The molecule has 152 valence electrons. The van der Waals surface area contributed by atoms with Crippen LogP contribution in [0.15, 0.2) is 59.0 Å². The number of furan rings is 1. The van der Waals surface area contributed by atoms with Crippen LogP contribution in [0.3, 0.4) is 0 Å². The van der Waals surface area contributed by atoms with Crippen molar-refractivity contribution in [1.29, 1.82) is 0 Å². The van der Waals surface area contributed by atoms with E-state index in [0.29, 0.717) is 31.7 Å². The number of ether oxygens (including phenoxy) is 1. The third-order valence-electron chi connectivity index (χ3n) is 5.81. The van der Waals surface area contributed by atoms with Gasteiger partial charge in [-0.3, -0.25) is 4.79 Å². The van der Waals surface area contributed by atoms with Gasteiger partial charge in [0, 0.05) is 29.5 Å². The van der Waals surface area contributed by atoms with Crippen molar-refractivity contribution in [1.82, 2.24) is 4.90 Å². The molecule has 29 heavy (non-hydrogen) atoms. The highest BCUT2D eigenvalue weighted by Crippen LogP contribution is 2.34. The number of aliphatic hydroxyl groups is 1. The zero-order valence-electron chi connectivity index (χ0n) is 16.8. The second-order valence-electron chi connectivity index (χ2n) is 8.01. The highest BCUT2D eigenvalue weighted by molar-refractivity contribution is 5.98. The van der Waals surface area contributed by atoms with E-state index in [1.807, 2.05) is 66.4 Å². The number of rotatable bonds is 6. The lowest BCUT2D eigenvalue weighted by Crippen LogP contribution is -2.48. The molecule has 1 N–H and O–H groups in total. The van der Waals surface area contributed by atoms with Crippen LogP contribution in [0.5, 0.6) is 5.75 Å². The second kappa shape index (κ2) is 8.29. The number of para-hydroxylation sites is 1. The maximum absolute atomic E-state index is 13.1. The summed E-state index contributed by atoms with van der Waals surface area (Å²) in [5.74, 6) is 1.67. The summed E-state index contributed by atoms with van der Waals surface area (Å²) in [7, 11) is 0. The lowest BCUT2D eigenvalue weighted by molar-refractivity contribution is 0.0156. The molecule has 1 fully saturated rings. The Morgan fingerprint density at radius 3 is 2.83 bits per heavy atom. The molecule has 1 aromatic heterocycles. The molecule has 3 aromatic rings. The Labute approximate surface area is 170 Å². The van der Waals surface area contributed by atoms with E-state index in [2.05, 4.69) is 0 Å². The SMILES string of the molecule is Cc1cc2cc(C(=O)N3CCCC(CO)(CCOc4ccccc4)C3)ccc2o1. The van der Waals surface area contributed by atoms with Crippen molar-refractivity contribution in [2.24, 2.45) is 5.41 Å². The van der Waals surface area contributed by atoms with Crippen molar-refractivity contribution < 1.29 is 19.1 Å². The van der Waals surface area contributed by atoms with Gasteiger partial charge in [-0.15, -0.1) is 0 Å². The Morgan fingerprint density at radius 1 is 1.21 bits per heavy atom. The van der Waals surface area contributed by atoms with Crippen molar-refractivity contribution in [3.05, 3.63) is 65.9 Å². The molecule has 1 aliphatic rings. The number of amides is 1. The van der Waals surface area contributed by atoms with Crippen molar-refractivity contribution in [2.75, 3.05) is 26.3 Å². The fraction of sp³-hybridized carbons (Fsp3) is 0.375. The molecule has 5 nitrogen and oxygen atoms in total. The minimum absolute atomic E-state index is 0.00672. The van der Waals surface area contributed by atoms with Gasteiger partial charge in [0.1, 0.15) is 17.1 Å². The van der Waals surface area contributed by atoms with Gasteiger partial charge in [-0.05, 0) is 62.6 Å². The lowest BCUT2D eigenvalue weighted by atomic mass is 9.78. The van der Waals surface area contributed by atoms with Crippen molar-refractivity contribution >= 4 is 16.9 Å². The van der Waals surface area contributed by atoms with E-state index in [0.717, 1.165) is 35.3 Å². The molecule has 1 amide bonds. The number of piperidine rings is 1. The van der Waals surface area contributed by atoms with Gasteiger partial charge in [-0.2, -0.15) is 0 Å². The number of benzene rings is 2. The Kier molecular flexibility index (Phi) is 5.58. The molecule has 2 heterocycles. The molecule has 0 radical (unpaired) electrons. The molecule has 0 saturated carbocycles. The Morgan fingerprint density at radius 2 is 2.03 bits per heavy atom. The smallest absolute Gasteiger partial charge is 0.253 e. The van der Waals surface area contributed by atoms with Crippen LogP contribution < -0.4 is 4.74 Å². The second-order valence-corrected chi connectivity index (χ2v) is 8.01. The Balaban J connectivity index is 1.44. The molecule has 2 aromatic carbocycles. The predicted molar refractivity (Wildman–Crippen MR) is 112 cm³/mol. The zero-order chi connectivity index (χ0) is 20.3. The number of hydrogen-bond acceptors (Lipinski definition) is 4. The summed E-state index contributed by atoms with van der Waals surface area (Å²) in [5, 5.41) is 11.1. The first-order valence-electron chi connectivity index (χ1n) is 10.2. The predicted octanol–water partition coefficient (Wildman–Crippen LogP) is 4.43.